The van der Waals surface area contributed by atoms with Crippen molar-refractivity contribution in [1.29, 1.82) is 0 Å². The van der Waals surface area contributed by atoms with Crippen molar-refractivity contribution in [3.05, 3.63) is 0 Å². The summed E-state index contributed by atoms with van der Waals surface area (Å²) in [4.78, 5) is 15.5. The summed E-state index contributed by atoms with van der Waals surface area (Å²) in [7, 11) is 0. The molecule has 1 saturated heterocycles. The SMILES string of the molecule is NCCC1CCCCN1C(=O)C1C2CC3CC(C2)CC1C3. The van der Waals surface area contributed by atoms with Crippen LogP contribution in [0, 0.1) is 29.6 Å². The Morgan fingerprint density at radius 3 is 2.29 bits per heavy atom. The summed E-state index contributed by atoms with van der Waals surface area (Å²) in [5.74, 6) is 4.23. The van der Waals surface area contributed by atoms with Crippen LogP contribution in [0.25, 0.3) is 0 Å². The van der Waals surface area contributed by atoms with E-state index in [-0.39, 0.29) is 0 Å². The number of hydrogen-bond donors (Lipinski definition) is 1. The second kappa shape index (κ2) is 5.57. The highest BCUT2D eigenvalue weighted by Crippen LogP contribution is 2.57. The minimum Gasteiger partial charge on any atom is -0.339 e. The van der Waals surface area contributed by atoms with Crippen LogP contribution in [0.2, 0.25) is 0 Å². The number of nitrogens with zero attached hydrogens (tertiary/aromatic N) is 1. The molecule has 5 rings (SSSR count). The predicted octanol–water partition coefficient (Wildman–Crippen LogP) is 2.79. The molecule has 1 heterocycles. The Labute approximate surface area is 128 Å². The number of hydrogen-bond acceptors (Lipinski definition) is 2. The van der Waals surface area contributed by atoms with E-state index in [0.717, 1.165) is 31.3 Å². The van der Waals surface area contributed by atoms with E-state index in [2.05, 4.69) is 4.90 Å². The molecule has 3 nitrogen and oxygen atoms in total. The van der Waals surface area contributed by atoms with Crippen molar-refractivity contribution in [2.24, 2.45) is 35.3 Å². The lowest BCUT2D eigenvalue weighted by molar-refractivity contribution is -0.153. The van der Waals surface area contributed by atoms with E-state index in [4.69, 9.17) is 5.73 Å². The number of likely N-dealkylation sites (tertiary alicyclic amines) is 1. The van der Waals surface area contributed by atoms with Crippen molar-refractivity contribution >= 4 is 5.91 Å². The van der Waals surface area contributed by atoms with Crippen LogP contribution in [0.3, 0.4) is 0 Å². The number of carbonyl (C=O) groups is 1. The topological polar surface area (TPSA) is 46.3 Å². The molecule has 5 aliphatic rings. The van der Waals surface area contributed by atoms with Crippen molar-refractivity contribution in [2.75, 3.05) is 13.1 Å². The number of amides is 1. The van der Waals surface area contributed by atoms with E-state index in [1.54, 1.807) is 0 Å². The van der Waals surface area contributed by atoms with Crippen molar-refractivity contribution in [1.82, 2.24) is 4.90 Å². The van der Waals surface area contributed by atoms with Crippen molar-refractivity contribution in [3.63, 3.8) is 0 Å². The monoisotopic (exact) mass is 290 g/mol. The Morgan fingerprint density at radius 1 is 1.00 bits per heavy atom. The molecule has 0 aromatic carbocycles. The Kier molecular flexibility index (Phi) is 3.72. The number of carbonyl (C=O) groups excluding carboxylic acids is 1. The Hall–Kier alpha value is -0.570. The molecule has 4 bridgehead atoms. The van der Waals surface area contributed by atoms with Gasteiger partial charge in [-0.3, -0.25) is 4.79 Å². The first-order valence-corrected chi connectivity index (χ1v) is 9.26. The van der Waals surface area contributed by atoms with Gasteiger partial charge in [0.1, 0.15) is 0 Å². The van der Waals surface area contributed by atoms with Crippen LogP contribution in [-0.4, -0.2) is 29.9 Å². The van der Waals surface area contributed by atoms with E-state index < -0.39 is 0 Å². The van der Waals surface area contributed by atoms with E-state index in [9.17, 15) is 4.79 Å². The second-order valence-corrected chi connectivity index (χ2v) is 8.22. The minimum atomic E-state index is 0.371. The first-order valence-electron chi connectivity index (χ1n) is 9.26. The van der Waals surface area contributed by atoms with Gasteiger partial charge in [0.25, 0.3) is 0 Å². The van der Waals surface area contributed by atoms with Crippen LogP contribution in [0.5, 0.6) is 0 Å². The molecule has 3 heteroatoms. The maximum atomic E-state index is 13.3. The van der Waals surface area contributed by atoms with Crippen LogP contribution in [0.1, 0.15) is 57.8 Å². The first-order chi connectivity index (χ1) is 10.3. The lowest BCUT2D eigenvalue weighted by Crippen LogP contribution is -2.55. The van der Waals surface area contributed by atoms with Gasteiger partial charge < -0.3 is 10.6 Å². The van der Waals surface area contributed by atoms with Crippen LogP contribution in [0.15, 0.2) is 0 Å². The van der Waals surface area contributed by atoms with Crippen LogP contribution >= 0.6 is 0 Å². The highest BCUT2D eigenvalue weighted by molar-refractivity contribution is 5.80. The average Bonchev–Trinajstić information content (AvgIpc) is 2.47. The molecule has 1 aliphatic heterocycles. The lowest BCUT2D eigenvalue weighted by atomic mass is 9.51. The van der Waals surface area contributed by atoms with Gasteiger partial charge in [-0.05, 0) is 88.0 Å². The Morgan fingerprint density at radius 2 is 1.67 bits per heavy atom. The van der Waals surface area contributed by atoms with Crippen molar-refractivity contribution < 1.29 is 4.79 Å². The molecule has 21 heavy (non-hydrogen) atoms. The third kappa shape index (κ3) is 2.42. The van der Waals surface area contributed by atoms with Gasteiger partial charge in [0.15, 0.2) is 0 Å². The van der Waals surface area contributed by atoms with Gasteiger partial charge in [-0.25, -0.2) is 0 Å². The van der Waals surface area contributed by atoms with Gasteiger partial charge in [-0.1, -0.05) is 0 Å². The molecule has 0 spiro atoms. The van der Waals surface area contributed by atoms with Gasteiger partial charge in [-0.15, -0.1) is 0 Å². The fourth-order valence-corrected chi connectivity index (χ4v) is 6.30. The summed E-state index contributed by atoms with van der Waals surface area (Å²) in [6, 6.07) is 0.438. The Bertz CT molecular complexity index is 378. The fraction of sp³-hybridized carbons (Fsp3) is 0.944. The van der Waals surface area contributed by atoms with Gasteiger partial charge >= 0.3 is 0 Å². The molecular formula is C18H30N2O. The highest BCUT2D eigenvalue weighted by Gasteiger charge is 2.52. The van der Waals surface area contributed by atoms with Crippen LogP contribution in [-0.2, 0) is 4.79 Å². The van der Waals surface area contributed by atoms with Gasteiger partial charge in [0.05, 0.1) is 0 Å². The molecule has 4 saturated carbocycles. The standard InChI is InChI=1S/C18H30N2O/c19-5-4-16-3-1-2-6-20(16)18(21)17-14-8-12-7-13(10-14)11-15(17)9-12/h12-17H,1-11,19H2. The molecule has 0 radical (unpaired) electrons. The summed E-state index contributed by atoms with van der Waals surface area (Å²) in [6.07, 6.45) is 11.5. The summed E-state index contributed by atoms with van der Waals surface area (Å²) in [5.41, 5.74) is 5.78. The van der Waals surface area contributed by atoms with Crippen LogP contribution < -0.4 is 5.73 Å². The third-order valence-electron chi connectivity index (χ3n) is 6.92. The van der Waals surface area contributed by atoms with E-state index >= 15 is 0 Å². The van der Waals surface area contributed by atoms with Crippen LogP contribution in [0.4, 0.5) is 0 Å². The summed E-state index contributed by atoms with van der Waals surface area (Å²) >= 11 is 0. The molecule has 1 unspecified atom stereocenters. The maximum absolute atomic E-state index is 13.3. The fourth-order valence-electron chi connectivity index (χ4n) is 6.30. The van der Waals surface area contributed by atoms with Gasteiger partial charge in [-0.2, -0.15) is 0 Å². The van der Waals surface area contributed by atoms with E-state index in [0.29, 0.717) is 29.7 Å². The summed E-state index contributed by atoms with van der Waals surface area (Å²) in [6.45, 7) is 1.71. The number of nitrogens with two attached hydrogens (primary N) is 1. The summed E-state index contributed by atoms with van der Waals surface area (Å²) in [5, 5.41) is 0. The quantitative estimate of drug-likeness (QED) is 0.869. The highest BCUT2D eigenvalue weighted by atomic mass is 16.2. The summed E-state index contributed by atoms with van der Waals surface area (Å²) < 4.78 is 0. The average molecular weight is 290 g/mol. The zero-order valence-corrected chi connectivity index (χ0v) is 13.2. The van der Waals surface area contributed by atoms with Crippen molar-refractivity contribution in [2.45, 2.75) is 63.8 Å². The predicted molar refractivity (Wildman–Crippen MR) is 83.6 cm³/mol. The molecular weight excluding hydrogens is 260 g/mol. The first kappa shape index (κ1) is 14.0. The van der Waals surface area contributed by atoms with E-state index in [1.807, 2.05) is 0 Å². The molecule has 118 valence electrons. The molecule has 0 aromatic heterocycles. The van der Waals surface area contributed by atoms with Gasteiger partial charge in [0.2, 0.25) is 5.91 Å². The molecule has 1 amide bonds. The molecule has 1 atom stereocenters. The molecule has 5 fully saturated rings. The largest absolute Gasteiger partial charge is 0.339 e. The second-order valence-electron chi connectivity index (χ2n) is 8.22. The zero-order valence-electron chi connectivity index (χ0n) is 13.2. The molecule has 2 N–H and O–H groups in total. The molecule has 4 aliphatic carbocycles. The number of piperidine rings is 1. The van der Waals surface area contributed by atoms with E-state index in [1.165, 1.54) is 51.4 Å². The Balaban J connectivity index is 1.51. The smallest absolute Gasteiger partial charge is 0.226 e. The zero-order chi connectivity index (χ0) is 14.4. The maximum Gasteiger partial charge on any atom is 0.226 e. The minimum absolute atomic E-state index is 0.371. The normalized spacial score (nSPS) is 45.1. The van der Waals surface area contributed by atoms with Crippen molar-refractivity contribution in [3.8, 4) is 0 Å². The third-order valence-corrected chi connectivity index (χ3v) is 6.92. The van der Waals surface area contributed by atoms with Gasteiger partial charge in [0, 0.05) is 18.5 Å². The molecule has 0 aromatic rings. The number of rotatable bonds is 3. The lowest BCUT2D eigenvalue weighted by Gasteiger charge is -2.55.